The van der Waals surface area contributed by atoms with Gasteiger partial charge in [-0.25, -0.2) is 0 Å². The van der Waals surface area contributed by atoms with Crippen molar-refractivity contribution in [3.05, 3.63) is 46.4 Å². The first kappa shape index (κ1) is 17.1. The average Bonchev–Trinajstić information content (AvgIpc) is 2.56. The van der Waals surface area contributed by atoms with Crippen molar-refractivity contribution in [2.45, 2.75) is 6.92 Å². The van der Waals surface area contributed by atoms with E-state index in [4.69, 9.17) is 14.2 Å². The normalized spacial score (nSPS) is 10.1. The van der Waals surface area contributed by atoms with E-state index in [9.17, 15) is 4.79 Å². The number of anilines is 1. The summed E-state index contributed by atoms with van der Waals surface area (Å²) in [5.41, 5.74) is 1.15. The minimum atomic E-state index is -0.240. The molecule has 122 valence electrons. The number of carbonyl (C=O) groups excluding carboxylic acids is 1. The predicted octanol–water partition coefficient (Wildman–Crippen LogP) is 4.12. The summed E-state index contributed by atoms with van der Waals surface area (Å²) in [5, 5.41) is 2.83. The number of halogens is 1. The Kier molecular flexibility index (Phi) is 5.87. The molecule has 0 saturated carbocycles. The molecule has 0 aliphatic carbocycles. The maximum Gasteiger partial charge on any atom is 0.255 e. The fourth-order valence-corrected chi connectivity index (χ4v) is 2.66. The number of benzene rings is 2. The Hall–Kier alpha value is -2.21. The van der Waals surface area contributed by atoms with E-state index in [1.807, 2.05) is 19.1 Å². The minimum absolute atomic E-state index is 0.240. The van der Waals surface area contributed by atoms with Gasteiger partial charge in [0.2, 0.25) is 0 Å². The third-order valence-electron chi connectivity index (χ3n) is 3.12. The smallest absolute Gasteiger partial charge is 0.255 e. The van der Waals surface area contributed by atoms with Crippen LogP contribution in [0.1, 0.15) is 17.3 Å². The van der Waals surface area contributed by atoms with Gasteiger partial charge in [-0.3, -0.25) is 4.79 Å². The molecule has 6 heteroatoms. The van der Waals surface area contributed by atoms with Gasteiger partial charge in [-0.1, -0.05) is 0 Å². The van der Waals surface area contributed by atoms with Gasteiger partial charge in [0.05, 0.1) is 25.3 Å². The van der Waals surface area contributed by atoms with Crippen LogP contribution in [0.5, 0.6) is 17.2 Å². The zero-order chi connectivity index (χ0) is 16.8. The van der Waals surface area contributed by atoms with Crippen LogP contribution >= 0.6 is 15.9 Å². The molecule has 0 bridgehead atoms. The van der Waals surface area contributed by atoms with E-state index in [1.54, 1.807) is 31.4 Å². The molecule has 0 aromatic heterocycles. The van der Waals surface area contributed by atoms with Crippen LogP contribution in [-0.4, -0.2) is 26.7 Å². The lowest BCUT2D eigenvalue weighted by Crippen LogP contribution is -2.12. The Labute approximate surface area is 143 Å². The van der Waals surface area contributed by atoms with Crippen LogP contribution in [0.15, 0.2) is 40.9 Å². The molecular weight excluding hydrogens is 362 g/mol. The summed E-state index contributed by atoms with van der Waals surface area (Å²) in [5.74, 6) is 1.55. The Balaban J connectivity index is 2.18. The predicted molar refractivity (Wildman–Crippen MR) is 92.8 cm³/mol. The molecule has 1 N–H and O–H groups in total. The van der Waals surface area contributed by atoms with Crippen LogP contribution in [0.3, 0.4) is 0 Å². The third kappa shape index (κ3) is 4.16. The average molecular weight is 380 g/mol. The van der Waals surface area contributed by atoms with Gasteiger partial charge in [0.25, 0.3) is 5.91 Å². The van der Waals surface area contributed by atoms with Crippen molar-refractivity contribution >= 4 is 27.5 Å². The van der Waals surface area contributed by atoms with Gasteiger partial charge in [0.1, 0.15) is 5.75 Å². The number of hydrogen-bond donors (Lipinski definition) is 1. The van der Waals surface area contributed by atoms with Gasteiger partial charge in [-0.05, 0) is 59.3 Å². The van der Waals surface area contributed by atoms with Crippen LogP contribution in [0.4, 0.5) is 5.69 Å². The number of carbonyl (C=O) groups is 1. The molecule has 0 unspecified atom stereocenters. The lowest BCUT2D eigenvalue weighted by Gasteiger charge is -2.12. The topological polar surface area (TPSA) is 56.8 Å². The highest BCUT2D eigenvalue weighted by atomic mass is 79.9. The lowest BCUT2D eigenvalue weighted by atomic mass is 10.2. The van der Waals surface area contributed by atoms with E-state index in [-0.39, 0.29) is 5.91 Å². The van der Waals surface area contributed by atoms with Crippen LogP contribution < -0.4 is 19.5 Å². The number of hydrogen-bond acceptors (Lipinski definition) is 4. The van der Waals surface area contributed by atoms with Crippen molar-refractivity contribution < 1.29 is 19.0 Å². The van der Waals surface area contributed by atoms with Crippen molar-refractivity contribution in [1.29, 1.82) is 0 Å². The highest BCUT2D eigenvalue weighted by Gasteiger charge is 2.15. The molecule has 5 nitrogen and oxygen atoms in total. The molecule has 0 fully saturated rings. The monoisotopic (exact) mass is 379 g/mol. The number of methoxy groups -OCH3 is 2. The van der Waals surface area contributed by atoms with Crippen LogP contribution in [0, 0.1) is 0 Å². The summed E-state index contributed by atoms with van der Waals surface area (Å²) in [6.07, 6.45) is 0. The second-order valence-electron chi connectivity index (χ2n) is 4.61. The quantitative estimate of drug-likeness (QED) is 0.819. The summed E-state index contributed by atoms with van der Waals surface area (Å²) >= 11 is 3.38. The van der Waals surface area contributed by atoms with Crippen LogP contribution in [0.25, 0.3) is 0 Å². The molecule has 23 heavy (non-hydrogen) atoms. The van der Waals surface area contributed by atoms with Gasteiger partial charge in [0, 0.05) is 11.3 Å². The number of rotatable bonds is 6. The summed E-state index contributed by atoms with van der Waals surface area (Å²) < 4.78 is 16.5. The number of ether oxygens (including phenoxy) is 3. The summed E-state index contributed by atoms with van der Waals surface area (Å²) in [6, 6.07) is 10.5. The number of amides is 1. The van der Waals surface area contributed by atoms with Gasteiger partial charge >= 0.3 is 0 Å². The second kappa shape index (κ2) is 7.87. The van der Waals surface area contributed by atoms with Crippen molar-refractivity contribution in [1.82, 2.24) is 0 Å². The first-order chi connectivity index (χ1) is 11.1. The van der Waals surface area contributed by atoms with Crippen LogP contribution in [0.2, 0.25) is 0 Å². The molecule has 0 heterocycles. The SMILES string of the molecule is CCOc1ccc(NC(=O)c2cc(Br)c(OC)c(OC)c2)cc1. The van der Waals surface area contributed by atoms with Gasteiger partial charge in [-0.2, -0.15) is 0 Å². The van der Waals surface area contributed by atoms with E-state index < -0.39 is 0 Å². The van der Waals surface area contributed by atoms with Crippen molar-refractivity contribution in [3.8, 4) is 17.2 Å². The third-order valence-corrected chi connectivity index (χ3v) is 3.71. The van der Waals surface area contributed by atoms with E-state index >= 15 is 0 Å². The van der Waals surface area contributed by atoms with Gasteiger partial charge in [0.15, 0.2) is 11.5 Å². The van der Waals surface area contributed by atoms with Crippen molar-refractivity contribution in [2.75, 3.05) is 26.1 Å². The fourth-order valence-electron chi connectivity index (χ4n) is 2.05. The fraction of sp³-hybridized carbons (Fsp3) is 0.235. The molecule has 2 aromatic carbocycles. The Morgan fingerprint density at radius 3 is 2.39 bits per heavy atom. The lowest BCUT2D eigenvalue weighted by molar-refractivity contribution is 0.102. The van der Waals surface area contributed by atoms with Crippen molar-refractivity contribution in [3.63, 3.8) is 0 Å². The zero-order valence-electron chi connectivity index (χ0n) is 13.2. The molecule has 2 rings (SSSR count). The van der Waals surface area contributed by atoms with E-state index in [0.29, 0.717) is 33.8 Å². The van der Waals surface area contributed by atoms with E-state index in [2.05, 4.69) is 21.2 Å². The first-order valence-corrected chi connectivity index (χ1v) is 7.84. The van der Waals surface area contributed by atoms with E-state index in [1.165, 1.54) is 7.11 Å². The Morgan fingerprint density at radius 1 is 1.13 bits per heavy atom. The maximum absolute atomic E-state index is 12.4. The highest BCUT2D eigenvalue weighted by molar-refractivity contribution is 9.10. The molecule has 1 amide bonds. The second-order valence-corrected chi connectivity index (χ2v) is 5.46. The number of nitrogens with one attached hydrogen (secondary N) is 1. The first-order valence-electron chi connectivity index (χ1n) is 7.04. The molecule has 2 aromatic rings. The Morgan fingerprint density at radius 2 is 1.83 bits per heavy atom. The van der Waals surface area contributed by atoms with Gasteiger partial charge in [-0.15, -0.1) is 0 Å². The molecule has 0 radical (unpaired) electrons. The highest BCUT2D eigenvalue weighted by Crippen LogP contribution is 2.36. The minimum Gasteiger partial charge on any atom is -0.494 e. The largest absolute Gasteiger partial charge is 0.494 e. The summed E-state index contributed by atoms with van der Waals surface area (Å²) in [7, 11) is 3.07. The van der Waals surface area contributed by atoms with E-state index in [0.717, 1.165) is 5.75 Å². The standard InChI is InChI=1S/C17H18BrNO4/c1-4-23-13-7-5-12(6-8-13)19-17(20)11-9-14(18)16(22-3)15(10-11)21-2/h5-10H,4H2,1-3H3,(H,19,20). The summed E-state index contributed by atoms with van der Waals surface area (Å²) in [6.45, 7) is 2.52. The van der Waals surface area contributed by atoms with Gasteiger partial charge < -0.3 is 19.5 Å². The molecule has 0 aliphatic heterocycles. The molecule has 0 spiro atoms. The molecular formula is C17H18BrNO4. The maximum atomic E-state index is 12.4. The van der Waals surface area contributed by atoms with Crippen LogP contribution in [-0.2, 0) is 0 Å². The molecule has 0 aliphatic rings. The molecule has 0 saturated heterocycles. The zero-order valence-corrected chi connectivity index (χ0v) is 14.8. The summed E-state index contributed by atoms with van der Waals surface area (Å²) in [4.78, 5) is 12.4. The Bertz CT molecular complexity index is 686. The molecule has 0 atom stereocenters. The van der Waals surface area contributed by atoms with Crippen molar-refractivity contribution in [2.24, 2.45) is 0 Å².